The third-order valence-electron chi connectivity index (χ3n) is 2.94. The number of hydrogen-bond acceptors (Lipinski definition) is 4. The van der Waals surface area contributed by atoms with Crippen LogP contribution < -0.4 is 5.32 Å². The van der Waals surface area contributed by atoms with Crippen molar-refractivity contribution in [2.75, 3.05) is 7.05 Å². The molecular weight excluding hydrogens is 242 g/mol. The monoisotopic (exact) mass is 257 g/mol. The van der Waals surface area contributed by atoms with Gasteiger partial charge in [-0.3, -0.25) is 15.1 Å². The molecule has 0 unspecified atom stereocenters. The van der Waals surface area contributed by atoms with Crippen LogP contribution in [-0.4, -0.2) is 17.0 Å². The van der Waals surface area contributed by atoms with Gasteiger partial charge < -0.3 is 5.32 Å². The lowest BCUT2D eigenvalue weighted by Gasteiger charge is -2.07. The first-order chi connectivity index (χ1) is 9.11. The molecular formula is C14H15N3O2. The van der Waals surface area contributed by atoms with Crippen LogP contribution in [0.5, 0.6) is 0 Å². The first kappa shape index (κ1) is 13.2. The van der Waals surface area contributed by atoms with E-state index >= 15 is 0 Å². The average molecular weight is 257 g/mol. The Morgan fingerprint density at radius 2 is 1.89 bits per heavy atom. The van der Waals surface area contributed by atoms with Crippen LogP contribution >= 0.6 is 0 Å². The number of nitrogens with zero attached hydrogens (tertiary/aromatic N) is 2. The van der Waals surface area contributed by atoms with E-state index in [-0.39, 0.29) is 5.69 Å². The van der Waals surface area contributed by atoms with Gasteiger partial charge in [0.05, 0.1) is 10.6 Å². The highest BCUT2D eigenvalue weighted by Crippen LogP contribution is 2.21. The van der Waals surface area contributed by atoms with Gasteiger partial charge in [-0.1, -0.05) is 6.07 Å². The molecule has 0 spiro atoms. The lowest BCUT2D eigenvalue weighted by atomic mass is 10.1. The van der Waals surface area contributed by atoms with Crippen molar-refractivity contribution in [1.29, 1.82) is 0 Å². The number of rotatable bonds is 4. The minimum atomic E-state index is -0.404. The Hall–Kier alpha value is -2.27. The second-order valence-corrected chi connectivity index (χ2v) is 4.28. The summed E-state index contributed by atoms with van der Waals surface area (Å²) >= 11 is 0. The second-order valence-electron chi connectivity index (χ2n) is 4.28. The number of pyridine rings is 1. The van der Waals surface area contributed by atoms with Crippen LogP contribution in [0.2, 0.25) is 0 Å². The van der Waals surface area contributed by atoms with Crippen molar-refractivity contribution < 1.29 is 4.92 Å². The summed E-state index contributed by atoms with van der Waals surface area (Å²) in [5, 5.41) is 13.7. The third-order valence-corrected chi connectivity index (χ3v) is 2.94. The first-order valence-corrected chi connectivity index (χ1v) is 5.98. The Bertz CT molecular complexity index is 594. The van der Waals surface area contributed by atoms with Crippen molar-refractivity contribution >= 4 is 5.69 Å². The molecule has 0 aliphatic heterocycles. The Kier molecular flexibility index (Phi) is 3.87. The van der Waals surface area contributed by atoms with Crippen molar-refractivity contribution in [1.82, 2.24) is 10.3 Å². The van der Waals surface area contributed by atoms with E-state index in [1.165, 1.54) is 12.1 Å². The minimum Gasteiger partial charge on any atom is -0.316 e. The molecule has 5 nitrogen and oxygen atoms in total. The number of nitro groups is 1. The van der Waals surface area contributed by atoms with Gasteiger partial charge in [0.1, 0.15) is 0 Å². The number of aryl methyl sites for hydroxylation is 1. The van der Waals surface area contributed by atoms with Gasteiger partial charge in [0.15, 0.2) is 0 Å². The summed E-state index contributed by atoms with van der Waals surface area (Å²) in [7, 11) is 1.89. The molecule has 1 aromatic heterocycles. The highest BCUT2D eigenvalue weighted by Gasteiger charge is 2.07. The maximum absolute atomic E-state index is 10.6. The summed E-state index contributed by atoms with van der Waals surface area (Å²) in [6.07, 6.45) is 0. The minimum absolute atomic E-state index is 0.0901. The molecule has 19 heavy (non-hydrogen) atoms. The zero-order valence-corrected chi connectivity index (χ0v) is 10.9. The molecule has 5 heteroatoms. The van der Waals surface area contributed by atoms with Gasteiger partial charge in [0, 0.05) is 29.9 Å². The predicted octanol–water partition coefficient (Wildman–Crippen LogP) is 2.68. The first-order valence-electron chi connectivity index (χ1n) is 5.98. The number of nitro benzene ring substituents is 1. The van der Waals surface area contributed by atoms with E-state index in [0.29, 0.717) is 0 Å². The lowest BCUT2D eigenvalue weighted by Crippen LogP contribution is -2.07. The summed E-state index contributed by atoms with van der Waals surface area (Å²) in [5.41, 5.74) is 3.91. The third kappa shape index (κ3) is 2.95. The molecule has 0 radical (unpaired) electrons. The lowest BCUT2D eigenvalue weighted by molar-refractivity contribution is -0.384. The van der Waals surface area contributed by atoms with Crippen molar-refractivity contribution in [3.8, 4) is 11.3 Å². The normalized spacial score (nSPS) is 10.4. The zero-order chi connectivity index (χ0) is 13.8. The van der Waals surface area contributed by atoms with Crippen LogP contribution in [0.1, 0.15) is 11.3 Å². The van der Waals surface area contributed by atoms with E-state index in [2.05, 4.69) is 10.3 Å². The van der Waals surface area contributed by atoms with Gasteiger partial charge in [-0.05, 0) is 37.7 Å². The summed E-state index contributed by atoms with van der Waals surface area (Å²) in [5.74, 6) is 0. The van der Waals surface area contributed by atoms with Crippen LogP contribution in [0, 0.1) is 17.0 Å². The maximum atomic E-state index is 10.6. The molecule has 2 rings (SSSR count). The van der Waals surface area contributed by atoms with Crippen molar-refractivity contribution in [3.05, 3.63) is 57.8 Å². The molecule has 2 aromatic rings. The summed E-state index contributed by atoms with van der Waals surface area (Å²) in [6, 6.07) is 10.4. The Morgan fingerprint density at radius 1 is 1.21 bits per heavy atom. The van der Waals surface area contributed by atoms with E-state index in [4.69, 9.17) is 0 Å². The van der Waals surface area contributed by atoms with E-state index in [1.54, 1.807) is 12.1 Å². The van der Waals surface area contributed by atoms with Crippen LogP contribution in [0.25, 0.3) is 11.3 Å². The van der Waals surface area contributed by atoms with E-state index in [0.717, 1.165) is 29.1 Å². The van der Waals surface area contributed by atoms with Crippen molar-refractivity contribution in [2.24, 2.45) is 0 Å². The fraction of sp³-hybridized carbons (Fsp3) is 0.214. The van der Waals surface area contributed by atoms with Gasteiger partial charge in [0.25, 0.3) is 5.69 Å². The summed E-state index contributed by atoms with van der Waals surface area (Å²) in [4.78, 5) is 14.7. The second kappa shape index (κ2) is 5.58. The topological polar surface area (TPSA) is 68.1 Å². The van der Waals surface area contributed by atoms with Gasteiger partial charge in [-0.2, -0.15) is 0 Å². The predicted molar refractivity (Wildman–Crippen MR) is 73.8 cm³/mol. The van der Waals surface area contributed by atoms with Crippen LogP contribution in [0.4, 0.5) is 5.69 Å². The van der Waals surface area contributed by atoms with Gasteiger partial charge in [-0.25, -0.2) is 0 Å². The Morgan fingerprint density at radius 3 is 2.42 bits per heavy atom. The smallest absolute Gasteiger partial charge is 0.269 e. The number of benzene rings is 1. The molecule has 98 valence electrons. The van der Waals surface area contributed by atoms with Crippen LogP contribution in [0.15, 0.2) is 36.4 Å². The fourth-order valence-electron chi connectivity index (χ4n) is 1.88. The molecule has 0 atom stereocenters. The Labute approximate surface area is 111 Å². The number of hydrogen-bond donors (Lipinski definition) is 1. The van der Waals surface area contributed by atoms with E-state index < -0.39 is 4.92 Å². The Balaban J connectivity index is 2.31. The molecule has 0 aliphatic rings. The number of nitrogens with one attached hydrogen (secondary N) is 1. The summed E-state index contributed by atoms with van der Waals surface area (Å²) in [6.45, 7) is 2.74. The molecule has 0 aliphatic carbocycles. The van der Waals surface area contributed by atoms with E-state index in [1.807, 2.05) is 26.1 Å². The molecule has 0 fully saturated rings. The van der Waals surface area contributed by atoms with Gasteiger partial charge in [-0.15, -0.1) is 0 Å². The molecule has 0 saturated carbocycles. The molecule has 0 bridgehead atoms. The SMILES string of the molecule is CNCc1ccc(-c2ccc([N+](=O)[O-])cc2)nc1C. The fourth-order valence-corrected chi connectivity index (χ4v) is 1.88. The molecule has 1 N–H and O–H groups in total. The quantitative estimate of drug-likeness (QED) is 0.675. The highest BCUT2D eigenvalue weighted by atomic mass is 16.6. The van der Waals surface area contributed by atoms with Crippen LogP contribution in [-0.2, 0) is 6.54 Å². The zero-order valence-electron chi connectivity index (χ0n) is 10.9. The van der Waals surface area contributed by atoms with Gasteiger partial charge >= 0.3 is 0 Å². The van der Waals surface area contributed by atoms with E-state index in [9.17, 15) is 10.1 Å². The molecule has 0 amide bonds. The highest BCUT2D eigenvalue weighted by molar-refractivity contribution is 5.61. The molecule has 1 heterocycles. The van der Waals surface area contributed by atoms with Crippen LogP contribution in [0.3, 0.4) is 0 Å². The standard InChI is InChI=1S/C14H15N3O2/c1-10-12(9-15-2)5-8-14(16-10)11-3-6-13(7-4-11)17(18)19/h3-8,15H,9H2,1-2H3. The van der Waals surface area contributed by atoms with Gasteiger partial charge in [0.2, 0.25) is 0 Å². The molecule has 1 aromatic carbocycles. The van der Waals surface area contributed by atoms with Crippen molar-refractivity contribution in [3.63, 3.8) is 0 Å². The number of non-ortho nitro benzene ring substituents is 1. The maximum Gasteiger partial charge on any atom is 0.269 e. The summed E-state index contributed by atoms with van der Waals surface area (Å²) < 4.78 is 0. The van der Waals surface area contributed by atoms with Crippen molar-refractivity contribution in [2.45, 2.75) is 13.5 Å². The number of aromatic nitrogens is 1. The largest absolute Gasteiger partial charge is 0.316 e. The average Bonchev–Trinajstić information content (AvgIpc) is 2.41. The molecule has 0 saturated heterocycles.